The van der Waals surface area contributed by atoms with Crippen molar-refractivity contribution in [2.45, 2.75) is 19.6 Å². The summed E-state index contributed by atoms with van der Waals surface area (Å²) in [5.74, 6) is -0.0634. The predicted molar refractivity (Wildman–Crippen MR) is 140 cm³/mol. The number of rotatable bonds is 9. The van der Waals surface area contributed by atoms with Crippen LogP contribution in [0.4, 0.5) is 4.79 Å². The van der Waals surface area contributed by atoms with Crippen LogP contribution in [0.1, 0.15) is 27.2 Å². The van der Waals surface area contributed by atoms with Gasteiger partial charge in [0.2, 0.25) is 0 Å². The highest BCUT2D eigenvalue weighted by atomic mass is 16.5. The zero-order valence-electron chi connectivity index (χ0n) is 20.3. The molecule has 6 nitrogen and oxygen atoms in total. The van der Waals surface area contributed by atoms with Crippen molar-refractivity contribution in [3.05, 3.63) is 126 Å². The van der Waals surface area contributed by atoms with E-state index >= 15 is 0 Å². The van der Waals surface area contributed by atoms with Gasteiger partial charge >= 0.3 is 6.09 Å². The first-order valence-electron chi connectivity index (χ1n) is 11.9. The fourth-order valence-corrected chi connectivity index (χ4v) is 3.92. The van der Waals surface area contributed by atoms with Crippen molar-refractivity contribution >= 4 is 12.0 Å². The number of ether oxygens (including phenoxy) is 1. The van der Waals surface area contributed by atoms with Gasteiger partial charge in [0, 0.05) is 44.0 Å². The lowest BCUT2D eigenvalue weighted by molar-refractivity contribution is 0.0797. The van der Waals surface area contributed by atoms with Crippen LogP contribution < -0.4 is 5.32 Å². The number of carbonyl (C=O) groups is 2. The predicted octanol–water partition coefficient (Wildman–Crippen LogP) is 5.49. The molecule has 6 heteroatoms. The Morgan fingerprint density at radius 1 is 0.833 bits per heavy atom. The van der Waals surface area contributed by atoms with Crippen molar-refractivity contribution in [2.75, 3.05) is 13.6 Å². The standard InChI is InChI=1S/C30H29N3O3/c1-33(20-18-25-14-9-10-19-31-25)29(34)28-17-8-7-16-27(28)26-15-6-5-13-24(26)21-32-30(35)36-22-23-11-3-2-4-12-23/h2-17,19H,18,20-22H2,1H3,(H,32,35). The minimum atomic E-state index is -0.493. The van der Waals surface area contributed by atoms with E-state index in [0.29, 0.717) is 18.5 Å². The summed E-state index contributed by atoms with van der Waals surface area (Å²) in [7, 11) is 1.80. The van der Waals surface area contributed by atoms with Crippen LogP contribution in [0.5, 0.6) is 0 Å². The van der Waals surface area contributed by atoms with Crippen molar-refractivity contribution in [3.8, 4) is 11.1 Å². The van der Waals surface area contributed by atoms with Crippen LogP contribution in [0, 0.1) is 0 Å². The SMILES string of the molecule is CN(CCc1ccccn1)C(=O)c1ccccc1-c1ccccc1CNC(=O)OCc1ccccc1. The van der Waals surface area contributed by atoms with E-state index in [2.05, 4.69) is 10.3 Å². The van der Waals surface area contributed by atoms with E-state index in [1.807, 2.05) is 97.1 Å². The summed E-state index contributed by atoms with van der Waals surface area (Å²) in [5, 5.41) is 2.83. The van der Waals surface area contributed by atoms with Crippen LogP contribution in [-0.4, -0.2) is 35.5 Å². The number of nitrogens with one attached hydrogen (secondary N) is 1. The largest absolute Gasteiger partial charge is 0.445 e. The molecule has 0 saturated carbocycles. The maximum absolute atomic E-state index is 13.4. The Hall–Kier alpha value is -4.45. The zero-order valence-corrected chi connectivity index (χ0v) is 20.3. The molecule has 182 valence electrons. The van der Waals surface area contributed by atoms with Gasteiger partial charge in [0.05, 0.1) is 0 Å². The average Bonchev–Trinajstić information content (AvgIpc) is 2.94. The van der Waals surface area contributed by atoms with E-state index in [0.717, 1.165) is 27.9 Å². The van der Waals surface area contributed by atoms with Crippen LogP contribution in [0.15, 0.2) is 103 Å². The number of alkyl carbamates (subject to hydrolysis) is 1. The number of carbonyl (C=O) groups excluding carboxylic acids is 2. The summed E-state index contributed by atoms with van der Waals surface area (Å²) in [6.07, 6.45) is 1.94. The quantitative estimate of drug-likeness (QED) is 0.345. The van der Waals surface area contributed by atoms with Gasteiger partial charge in [-0.05, 0) is 40.5 Å². The summed E-state index contributed by atoms with van der Waals surface area (Å²) in [5.41, 5.74) is 5.09. The highest BCUT2D eigenvalue weighted by Gasteiger charge is 2.18. The fourth-order valence-electron chi connectivity index (χ4n) is 3.92. The summed E-state index contributed by atoms with van der Waals surface area (Å²) < 4.78 is 5.34. The van der Waals surface area contributed by atoms with Gasteiger partial charge in [-0.3, -0.25) is 9.78 Å². The molecule has 3 aromatic carbocycles. The molecule has 1 aromatic heterocycles. The normalized spacial score (nSPS) is 10.5. The maximum atomic E-state index is 13.4. The van der Waals surface area contributed by atoms with Gasteiger partial charge in [0.25, 0.3) is 5.91 Å². The Morgan fingerprint density at radius 2 is 1.53 bits per heavy atom. The number of hydrogen-bond donors (Lipinski definition) is 1. The molecule has 0 spiro atoms. The number of likely N-dealkylation sites (N-methyl/N-ethyl adjacent to an activating group) is 1. The highest BCUT2D eigenvalue weighted by molar-refractivity contribution is 6.01. The van der Waals surface area contributed by atoms with Crippen LogP contribution in [0.2, 0.25) is 0 Å². The Labute approximate surface area is 211 Å². The molecule has 4 rings (SSSR count). The molecule has 0 atom stereocenters. The third kappa shape index (κ3) is 6.57. The molecule has 0 saturated heterocycles. The van der Waals surface area contributed by atoms with Gasteiger partial charge in [0.1, 0.15) is 6.61 Å². The Kier molecular flexibility index (Phi) is 8.44. The van der Waals surface area contributed by atoms with Crippen molar-refractivity contribution in [2.24, 2.45) is 0 Å². The number of aromatic nitrogens is 1. The molecule has 36 heavy (non-hydrogen) atoms. The first kappa shape index (κ1) is 24.7. The molecule has 0 aliphatic heterocycles. The van der Waals surface area contributed by atoms with E-state index in [4.69, 9.17) is 4.74 Å². The van der Waals surface area contributed by atoms with E-state index in [1.54, 1.807) is 18.1 Å². The Bertz CT molecular complexity index is 1290. The lowest BCUT2D eigenvalue weighted by Crippen LogP contribution is -2.29. The molecule has 2 amide bonds. The van der Waals surface area contributed by atoms with Gasteiger partial charge in [-0.1, -0.05) is 78.9 Å². The molecule has 1 N–H and O–H groups in total. The fraction of sp³-hybridized carbons (Fsp3) is 0.167. The molecule has 0 fully saturated rings. The van der Waals surface area contributed by atoms with Crippen molar-refractivity contribution in [3.63, 3.8) is 0 Å². The molecule has 0 aliphatic carbocycles. The first-order chi connectivity index (χ1) is 17.6. The van der Waals surface area contributed by atoms with E-state index in [9.17, 15) is 9.59 Å². The number of hydrogen-bond acceptors (Lipinski definition) is 4. The summed E-state index contributed by atoms with van der Waals surface area (Å²) in [4.78, 5) is 31.7. The molecular formula is C30H29N3O3. The van der Waals surface area contributed by atoms with Crippen LogP contribution >= 0.6 is 0 Å². The lowest BCUT2D eigenvalue weighted by atomic mass is 9.94. The Balaban J connectivity index is 1.44. The molecule has 0 bridgehead atoms. The molecule has 0 radical (unpaired) electrons. The summed E-state index contributed by atoms with van der Waals surface area (Å²) >= 11 is 0. The summed E-state index contributed by atoms with van der Waals surface area (Å²) in [6.45, 7) is 1.04. The third-order valence-corrected chi connectivity index (χ3v) is 5.88. The second-order valence-corrected chi connectivity index (χ2v) is 8.42. The number of pyridine rings is 1. The minimum absolute atomic E-state index is 0.0634. The first-order valence-corrected chi connectivity index (χ1v) is 11.9. The highest BCUT2D eigenvalue weighted by Crippen LogP contribution is 2.28. The topological polar surface area (TPSA) is 71.5 Å². The molecule has 1 heterocycles. The second kappa shape index (κ2) is 12.3. The van der Waals surface area contributed by atoms with Crippen LogP contribution in [-0.2, 0) is 24.3 Å². The van der Waals surface area contributed by atoms with Crippen LogP contribution in [0.3, 0.4) is 0 Å². The van der Waals surface area contributed by atoms with Crippen molar-refractivity contribution in [1.29, 1.82) is 0 Å². The molecular weight excluding hydrogens is 450 g/mol. The second-order valence-electron chi connectivity index (χ2n) is 8.42. The lowest BCUT2D eigenvalue weighted by Gasteiger charge is -2.20. The van der Waals surface area contributed by atoms with Crippen molar-refractivity contribution in [1.82, 2.24) is 15.2 Å². The van der Waals surface area contributed by atoms with Gasteiger partial charge in [-0.2, -0.15) is 0 Å². The average molecular weight is 480 g/mol. The summed E-state index contributed by atoms with van der Waals surface area (Å²) in [6, 6.07) is 30.6. The third-order valence-electron chi connectivity index (χ3n) is 5.88. The minimum Gasteiger partial charge on any atom is -0.445 e. The van der Waals surface area contributed by atoms with Gasteiger partial charge in [-0.15, -0.1) is 0 Å². The Morgan fingerprint density at radius 3 is 2.31 bits per heavy atom. The number of benzene rings is 3. The smallest absolute Gasteiger partial charge is 0.407 e. The van der Waals surface area contributed by atoms with Crippen molar-refractivity contribution < 1.29 is 14.3 Å². The molecule has 4 aromatic rings. The monoisotopic (exact) mass is 479 g/mol. The van der Waals surface area contributed by atoms with E-state index in [1.165, 1.54) is 0 Å². The number of nitrogens with zero attached hydrogens (tertiary/aromatic N) is 2. The van der Waals surface area contributed by atoms with E-state index < -0.39 is 6.09 Å². The zero-order chi connectivity index (χ0) is 25.2. The molecule has 0 unspecified atom stereocenters. The number of amides is 2. The van der Waals surface area contributed by atoms with Gasteiger partial charge in [0.15, 0.2) is 0 Å². The maximum Gasteiger partial charge on any atom is 0.407 e. The van der Waals surface area contributed by atoms with Gasteiger partial charge < -0.3 is 15.0 Å². The van der Waals surface area contributed by atoms with Gasteiger partial charge in [-0.25, -0.2) is 4.79 Å². The van der Waals surface area contributed by atoms with E-state index in [-0.39, 0.29) is 19.1 Å². The van der Waals surface area contributed by atoms with Crippen LogP contribution in [0.25, 0.3) is 11.1 Å². The molecule has 0 aliphatic rings.